The molecule has 12 heteroatoms. The molecule has 0 spiro atoms. The Morgan fingerprint density at radius 3 is 2.17 bits per heavy atom. The van der Waals surface area contributed by atoms with Gasteiger partial charge in [-0.15, -0.1) is 0 Å². The summed E-state index contributed by atoms with van der Waals surface area (Å²) >= 11 is 16.5. The van der Waals surface area contributed by atoms with Crippen LogP contribution in [0.2, 0.25) is 0 Å². The molecule has 1 aliphatic rings. The molecule has 0 aromatic rings. The summed E-state index contributed by atoms with van der Waals surface area (Å²) in [4.78, 5) is 22.0. The van der Waals surface area contributed by atoms with Crippen molar-refractivity contribution in [1.82, 2.24) is 0 Å². The van der Waals surface area contributed by atoms with Crippen molar-refractivity contribution in [2.24, 2.45) is 0 Å². The van der Waals surface area contributed by atoms with Gasteiger partial charge in [-0.1, -0.05) is 34.8 Å². The van der Waals surface area contributed by atoms with E-state index in [0.717, 1.165) is 13.8 Å². The fourth-order valence-corrected chi connectivity index (χ4v) is 1.97. The Morgan fingerprint density at radius 2 is 1.71 bits per heavy atom. The number of hydrogen-bond acceptors (Lipinski definition) is 9. The smallest absolute Gasteiger partial charge is 0.303 e. The summed E-state index contributed by atoms with van der Waals surface area (Å²) in [6.07, 6.45) is -7.51. The Kier molecular flexibility index (Phi) is 7.51. The van der Waals surface area contributed by atoms with Crippen molar-refractivity contribution in [3.63, 3.8) is 0 Å². The van der Waals surface area contributed by atoms with Gasteiger partial charge >= 0.3 is 11.9 Å². The Morgan fingerprint density at radius 1 is 1.12 bits per heavy atom. The Balaban J connectivity index is 2.95. The van der Waals surface area contributed by atoms with Crippen LogP contribution >= 0.6 is 34.8 Å². The summed E-state index contributed by atoms with van der Waals surface area (Å²) in [5, 5.41) is 27.6. The van der Waals surface area contributed by atoms with Crippen molar-refractivity contribution >= 4 is 52.6 Å². The molecule has 138 valence electrons. The van der Waals surface area contributed by atoms with Crippen LogP contribution in [0.5, 0.6) is 0 Å². The van der Waals surface area contributed by atoms with Crippen LogP contribution in [0.3, 0.4) is 0 Å². The maximum atomic E-state index is 11.2. The van der Waals surface area contributed by atoms with E-state index in [0.29, 0.717) is 0 Å². The van der Waals surface area contributed by atoms with E-state index in [9.17, 15) is 19.8 Å². The number of alkyl halides is 3. The van der Waals surface area contributed by atoms with Gasteiger partial charge in [-0.05, 0) is 0 Å². The second-order valence-electron chi connectivity index (χ2n) is 4.85. The molecule has 9 nitrogen and oxygen atoms in total. The number of carbonyl (C=O) groups excluding carboxylic acids is 2. The first-order chi connectivity index (χ1) is 10.9. The van der Waals surface area contributed by atoms with Gasteiger partial charge in [-0.2, -0.15) is 0 Å². The van der Waals surface area contributed by atoms with Crippen LogP contribution in [-0.4, -0.2) is 69.2 Å². The normalized spacial score (nSPS) is 30.4. The van der Waals surface area contributed by atoms with Gasteiger partial charge in [-0.25, -0.2) is 0 Å². The van der Waals surface area contributed by atoms with E-state index in [1.54, 1.807) is 0 Å². The average Bonchev–Trinajstić information content (AvgIpc) is 2.43. The predicted octanol–water partition coefficient (Wildman–Crippen LogP) is 0.292. The molecule has 1 fully saturated rings. The Labute approximate surface area is 152 Å². The van der Waals surface area contributed by atoms with E-state index in [1.165, 1.54) is 0 Å². The Hall–Kier alpha value is -0.840. The molecular weight excluding hydrogens is 392 g/mol. The van der Waals surface area contributed by atoms with Crippen molar-refractivity contribution in [3.8, 4) is 0 Å². The van der Waals surface area contributed by atoms with Crippen molar-refractivity contribution in [2.75, 3.05) is 6.61 Å². The molecule has 3 unspecified atom stereocenters. The number of halogens is 3. The third kappa shape index (κ3) is 5.91. The first kappa shape index (κ1) is 21.2. The molecule has 1 heterocycles. The van der Waals surface area contributed by atoms with Crippen molar-refractivity contribution in [3.05, 3.63) is 0 Å². The molecular formula is C12H16Cl3NO8. The predicted molar refractivity (Wildman–Crippen MR) is 82.0 cm³/mol. The lowest BCUT2D eigenvalue weighted by Crippen LogP contribution is -2.61. The molecule has 0 saturated carbocycles. The monoisotopic (exact) mass is 407 g/mol. The largest absolute Gasteiger partial charge is 0.463 e. The molecule has 0 aliphatic carbocycles. The number of carbonyl (C=O) groups is 2. The van der Waals surface area contributed by atoms with E-state index in [4.69, 9.17) is 59.2 Å². The number of ether oxygens (including phenoxy) is 4. The van der Waals surface area contributed by atoms with Crippen LogP contribution < -0.4 is 0 Å². The van der Waals surface area contributed by atoms with Gasteiger partial charge < -0.3 is 29.2 Å². The molecule has 0 amide bonds. The lowest BCUT2D eigenvalue weighted by molar-refractivity contribution is -0.286. The number of esters is 2. The molecule has 0 bridgehead atoms. The molecule has 0 aromatic heterocycles. The summed E-state index contributed by atoms with van der Waals surface area (Å²) in [7, 11) is 0. The molecule has 24 heavy (non-hydrogen) atoms. The van der Waals surface area contributed by atoms with Gasteiger partial charge in [0.2, 0.25) is 12.2 Å². The summed E-state index contributed by atoms with van der Waals surface area (Å²) in [6, 6.07) is 0. The third-order valence-corrected chi connectivity index (χ3v) is 3.40. The number of hydrogen-bond donors (Lipinski definition) is 3. The minimum atomic E-state index is -2.23. The highest BCUT2D eigenvalue weighted by Crippen LogP contribution is 2.31. The molecule has 1 aliphatic heterocycles. The van der Waals surface area contributed by atoms with Crippen LogP contribution in [0.1, 0.15) is 13.8 Å². The zero-order valence-corrected chi connectivity index (χ0v) is 14.8. The molecule has 0 aromatic carbocycles. The zero-order valence-electron chi connectivity index (χ0n) is 12.6. The highest BCUT2D eigenvalue weighted by atomic mass is 35.6. The molecule has 3 N–H and O–H groups in total. The van der Waals surface area contributed by atoms with Crippen LogP contribution in [0.25, 0.3) is 0 Å². The van der Waals surface area contributed by atoms with E-state index < -0.39 is 58.9 Å². The third-order valence-electron chi connectivity index (χ3n) is 2.89. The van der Waals surface area contributed by atoms with Gasteiger partial charge in [0.15, 0.2) is 6.10 Å². The lowest BCUT2D eigenvalue weighted by Gasteiger charge is -2.41. The second kappa shape index (κ2) is 8.50. The van der Waals surface area contributed by atoms with Gasteiger partial charge in [-0.3, -0.25) is 15.0 Å². The summed E-state index contributed by atoms with van der Waals surface area (Å²) in [5.74, 6) is -2.30. The number of aliphatic hydroxyl groups excluding tert-OH is 2. The summed E-state index contributed by atoms with van der Waals surface area (Å²) in [6.45, 7) is 1.78. The lowest BCUT2D eigenvalue weighted by atomic mass is 9.99. The minimum Gasteiger partial charge on any atom is -0.463 e. The van der Waals surface area contributed by atoms with E-state index in [2.05, 4.69) is 0 Å². The molecule has 1 saturated heterocycles. The standard InChI is InChI=1S/C12H16Cl3NO8/c1-4(17)21-3-6-7(19)8(20)9(22-5(2)18)10(23-6)24-11(16)12(13,14)15/h6-10,16,19-20H,3H2,1-2H3/t6?,7-,8-,9?,10?/m0/s1. The fourth-order valence-electron chi connectivity index (χ4n) is 1.84. The average molecular weight is 409 g/mol. The first-order valence-electron chi connectivity index (χ1n) is 6.58. The van der Waals surface area contributed by atoms with Crippen LogP contribution in [0.15, 0.2) is 0 Å². The first-order valence-corrected chi connectivity index (χ1v) is 7.71. The van der Waals surface area contributed by atoms with E-state index in [1.807, 2.05) is 0 Å². The van der Waals surface area contributed by atoms with Crippen LogP contribution in [0, 0.1) is 5.41 Å². The number of aliphatic hydroxyl groups is 2. The molecule has 0 radical (unpaired) electrons. The van der Waals surface area contributed by atoms with Crippen molar-refractivity contribution in [1.29, 1.82) is 5.41 Å². The Bertz CT molecular complexity index is 495. The van der Waals surface area contributed by atoms with Crippen LogP contribution in [-0.2, 0) is 28.5 Å². The van der Waals surface area contributed by atoms with Crippen molar-refractivity contribution < 1.29 is 38.7 Å². The summed E-state index contributed by atoms with van der Waals surface area (Å²) < 4.78 is 17.6. The molecule has 1 rings (SSSR count). The second-order valence-corrected chi connectivity index (χ2v) is 7.13. The van der Waals surface area contributed by atoms with Crippen LogP contribution in [0.4, 0.5) is 0 Å². The molecule has 5 atom stereocenters. The quantitative estimate of drug-likeness (QED) is 0.261. The minimum absolute atomic E-state index is 0.415. The number of nitrogens with one attached hydrogen (secondary N) is 1. The van der Waals surface area contributed by atoms with Gasteiger partial charge in [0.25, 0.3) is 3.79 Å². The fraction of sp³-hybridized carbons (Fsp3) is 0.750. The highest BCUT2D eigenvalue weighted by Gasteiger charge is 2.49. The van der Waals surface area contributed by atoms with Crippen molar-refractivity contribution in [2.45, 2.75) is 48.3 Å². The SMILES string of the molecule is CC(=O)OCC1OC(OC(=N)C(Cl)(Cl)Cl)C(OC(C)=O)[C@@H](O)[C@H]1O. The zero-order chi connectivity index (χ0) is 18.7. The maximum Gasteiger partial charge on any atom is 0.303 e. The number of rotatable bonds is 4. The maximum absolute atomic E-state index is 11.2. The van der Waals surface area contributed by atoms with E-state index in [-0.39, 0.29) is 0 Å². The summed E-state index contributed by atoms with van der Waals surface area (Å²) in [5.41, 5.74) is 0. The van der Waals surface area contributed by atoms with Gasteiger partial charge in [0.1, 0.15) is 24.9 Å². The van der Waals surface area contributed by atoms with Gasteiger partial charge in [0.05, 0.1) is 0 Å². The topological polar surface area (TPSA) is 135 Å². The highest BCUT2D eigenvalue weighted by molar-refractivity contribution is 6.76. The van der Waals surface area contributed by atoms with E-state index >= 15 is 0 Å². The van der Waals surface area contributed by atoms with Gasteiger partial charge in [0, 0.05) is 13.8 Å².